The van der Waals surface area contributed by atoms with Gasteiger partial charge in [0.2, 0.25) is 17.7 Å². The molecule has 0 N–H and O–H groups in total. The number of rotatable bonds is 6. The van der Waals surface area contributed by atoms with Crippen molar-refractivity contribution in [3.05, 3.63) is 12.3 Å². The van der Waals surface area contributed by atoms with Crippen molar-refractivity contribution >= 4 is 11.9 Å². The fraction of sp³-hybridized carbons (Fsp3) is 0.706. The normalized spacial score (nSPS) is 21.1. The second-order valence-corrected chi connectivity index (χ2v) is 6.17. The summed E-state index contributed by atoms with van der Waals surface area (Å²) in [6.45, 7) is 6.30. The molecule has 132 valence electrons. The van der Waals surface area contributed by atoms with Crippen LogP contribution in [-0.4, -0.2) is 66.3 Å². The highest BCUT2D eigenvalue weighted by Crippen LogP contribution is 2.19. The molecule has 3 heterocycles. The summed E-state index contributed by atoms with van der Waals surface area (Å²) < 4.78 is 11.0. The number of carbonyl (C=O) groups excluding carboxylic acids is 1. The van der Waals surface area contributed by atoms with Crippen LogP contribution in [0.3, 0.4) is 0 Å². The Morgan fingerprint density at radius 2 is 2.21 bits per heavy atom. The van der Waals surface area contributed by atoms with E-state index in [9.17, 15) is 4.79 Å². The van der Waals surface area contributed by atoms with E-state index < -0.39 is 0 Å². The summed E-state index contributed by atoms with van der Waals surface area (Å²) in [6.07, 6.45) is 5.64. The van der Waals surface area contributed by atoms with Crippen LogP contribution in [-0.2, 0) is 9.53 Å². The van der Waals surface area contributed by atoms with Crippen LogP contribution in [0.2, 0.25) is 0 Å². The van der Waals surface area contributed by atoms with Gasteiger partial charge in [0.1, 0.15) is 0 Å². The maximum Gasteiger partial charge on any atom is 0.228 e. The van der Waals surface area contributed by atoms with E-state index in [0.29, 0.717) is 37.9 Å². The Morgan fingerprint density at radius 3 is 2.92 bits per heavy atom. The third kappa shape index (κ3) is 4.35. The summed E-state index contributed by atoms with van der Waals surface area (Å²) in [6, 6.07) is 1.76. The van der Waals surface area contributed by atoms with Crippen molar-refractivity contribution in [2.45, 2.75) is 38.7 Å². The summed E-state index contributed by atoms with van der Waals surface area (Å²) in [5.41, 5.74) is 0. The number of aromatic nitrogens is 2. The number of hydrogen-bond acceptors (Lipinski definition) is 6. The largest absolute Gasteiger partial charge is 0.478 e. The Balaban J connectivity index is 1.46. The van der Waals surface area contributed by atoms with E-state index in [1.165, 1.54) is 0 Å². The highest BCUT2D eigenvalue weighted by Gasteiger charge is 2.24. The van der Waals surface area contributed by atoms with E-state index >= 15 is 0 Å². The van der Waals surface area contributed by atoms with Crippen molar-refractivity contribution in [1.29, 1.82) is 0 Å². The zero-order chi connectivity index (χ0) is 16.8. The van der Waals surface area contributed by atoms with Crippen molar-refractivity contribution < 1.29 is 14.3 Å². The summed E-state index contributed by atoms with van der Waals surface area (Å²) in [7, 11) is 0. The van der Waals surface area contributed by atoms with Gasteiger partial charge in [-0.2, -0.15) is 4.98 Å². The molecule has 0 spiro atoms. The first kappa shape index (κ1) is 17.0. The van der Waals surface area contributed by atoms with Crippen LogP contribution >= 0.6 is 0 Å². The number of piperazine rings is 1. The SMILES string of the molecule is CCOc1ccnc(N2CCN(C(=O)CC[C@@H]3CCCO3)CC2)n1. The van der Waals surface area contributed by atoms with Crippen molar-refractivity contribution in [3.8, 4) is 5.88 Å². The molecule has 7 nitrogen and oxygen atoms in total. The highest BCUT2D eigenvalue weighted by atomic mass is 16.5. The lowest BCUT2D eigenvalue weighted by atomic mass is 10.1. The maximum absolute atomic E-state index is 12.3. The number of hydrogen-bond donors (Lipinski definition) is 0. The summed E-state index contributed by atoms with van der Waals surface area (Å²) in [5, 5.41) is 0. The molecule has 24 heavy (non-hydrogen) atoms. The lowest BCUT2D eigenvalue weighted by Crippen LogP contribution is -2.49. The van der Waals surface area contributed by atoms with Crippen molar-refractivity contribution in [2.75, 3.05) is 44.3 Å². The number of carbonyl (C=O) groups is 1. The fourth-order valence-electron chi connectivity index (χ4n) is 3.18. The monoisotopic (exact) mass is 334 g/mol. The van der Waals surface area contributed by atoms with E-state index in [-0.39, 0.29) is 12.0 Å². The predicted molar refractivity (Wildman–Crippen MR) is 90.2 cm³/mol. The molecule has 0 aromatic carbocycles. The quantitative estimate of drug-likeness (QED) is 0.785. The average molecular weight is 334 g/mol. The number of anilines is 1. The molecule has 1 amide bonds. The van der Waals surface area contributed by atoms with Crippen molar-refractivity contribution in [1.82, 2.24) is 14.9 Å². The van der Waals surface area contributed by atoms with E-state index in [1.54, 1.807) is 12.3 Å². The molecule has 3 rings (SSSR count). The van der Waals surface area contributed by atoms with E-state index in [0.717, 1.165) is 39.0 Å². The minimum Gasteiger partial charge on any atom is -0.478 e. The molecular formula is C17H26N4O3. The van der Waals surface area contributed by atoms with Crippen LogP contribution in [0.4, 0.5) is 5.95 Å². The Bertz CT molecular complexity index is 540. The maximum atomic E-state index is 12.3. The standard InChI is InChI=1S/C17H26N4O3/c1-2-23-15-7-8-18-17(19-15)21-11-9-20(10-12-21)16(22)6-5-14-4-3-13-24-14/h7-8,14H,2-6,9-13H2,1H3/t14-/m0/s1. The molecular weight excluding hydrogens is 308 g/mol. The van der Waals surface area contributed by atoms with E-state index in [1.807, 2.05) is 11.8 Å². The predicted octanol–water partition coefficient (Wildman–Crippen LogP) is 1.48. The Morgan fingerprint density at radius 1 is 1.38 bits per heavy atom. The molecule has 1 aromatic rings. The molecule has 2 saturated heterocycles. The molecule has 7 heteroatoms. The Kier molecular flexibility index (Phi) is 5.85. The van der Waals surface area contributed by atoms with Crippen LogP contribution in [0.25, 0.3) is 0 Å². The van der Waals surface area contributed by atoms with Crippen LogP contribution in [0.1, 0.15) is 32.6 Å². The van der Waals surface area contributed by atoms with Gasteiger partial charge in [-0.15, -0.1) is 0 Å². The molecule has 2 aliphatic rings. The van der Waals surface area contributed by atoms with E-state index in [4.69, 9.17) is 9.47 Å². The van der Waals surface area contributed by atoms with Gasteiger partial charge in [-0.3, -0.25) is 4.79 Å². The smallest absolute Gasteiger partial charge is 0.228 e. The fourth-order valence-corrected chi connectivity index (χ4v) is 3.18. The summed E-state index contributed by atoms with van der Waals surface area (Å²) in [4.78, 5) is 25.1. The van der Waals surface area contributed by atoms with Crippen molar-refractivity contribution in [2.24, 2.45) is 0 Å². The molecule has 2 aliphatic heterocycles. The van der Waals surface area contributed by atoms with Gasteiger partial charge >= 0.3 is 0 Å². The van der Waals surface area contributed by atoms with Gasteiger partial charge in [-0.1, -0.05) is 0 Å². The lowest BCUT2D eigenvalue weighted by molar-refractivity contribution is -0.132. The van der Waals surface area contributed by atoms with Gasteiger partial charge in [0.15, 0.2) is 0 Å². The van der Waals surface area contributed by atoms with Crippen LogP contribution in [0.15, 0.2) is 12.3 Å². The van der Waals surface area contributed by atoms with Gasteiger partial charge in [-0.25, -0.2) is 4.98 Å². The van der Waals surface area contributed by atoms with Crippen LogP contribution in [0, 0.1) is 0 Å². The van der Waals surface area contributed by atoms with Crippen LogP contribution in [0.5, 0.6) is 5.88 Å². The van der Waals surface area contributed by atoms with Gasteiger partial charge in [0.25, 0.3) is 0 Å². The number of nitrogens with zero attached hydrogens (tertiary/aromatic N) is 4. The molecule has 1 aromatic heterocycles. The zero-order valence-corrected chi connectivity index (χ0v) is 14.3. The highest BCUT2D eigenvalue weighted by molar-refractivity contribution is 5.76. The van der Waals surface area contributed by atoms with Gasteiger partial charge < -0.3 is 19.3 Å². The zero-order valence-electron chi connectivity index (χ0n) is 14.3. The average Bonchev–Trinajstić information content (AvgIpc) is 3.14. The van der Waals surface area contributed by atoms with Gasteiger partial charge in [0.05, 0.1) is 12.7 Å². The number of amides is 1. The van der Waals surface area contributed by atoms with E-state index in [2.05, 4.69) is 14.9 Å². The second-order valence-electron chi connectivity index (χ2n) is 6.17. The third-order valence-corrected chi connectivity index (χ3v) is 4.53. The summed E-state index contributed by atoms with van der Waals surface area (Å²) >= 11 is 0. The second kappa shape index (κ2) is 8.28. The molecule has 0 aliphatic carbocycles. The Labute approximate surface area is 143 Å². The third-order valence-electron chi connectivity index (χ3n) is 4.53. The summed E-state index contributed by atoms with van der Waals surface area (Å²) in [5.74, 6) is 1.50. The lowest BCUT2D eigenvalue weighted by Gasteiger charge is -2.35. The molecule has 0 unspecified atom stereocenters. The molecule has 0 radical (unpaired) electrons. The first-order chi connectivity index (χ1) is 11.8. The first-order valence-electron chi connectivity index (χ1n) is 8.86. The Hall–Kier alpha value is -1.89. The topological polar surface area (TPSA) is 67.8 Å². The minimum atomic E-state index is 0.231. The molecule has 2 fully saturated rings. The number of ether oxygens (including phenoxy) is 2. The minimum absolute atomic E-state index is 0.231. The van der Waals surface area contributed by atoms with Crippen LogP contribution < -0.4 is 9.64 Å². The van der Waals surface area contributed by atoms with Gasteiger partial charge in [-0.05, 0) is 26.2 Å². The molecule has 0 saturated carbocycles. The molecule has 0 bridgehead atoms. The van der Waals surface area contributed by atoms with Gasteiger partial charge in [0, 0.05) is 51.5 Å². The first-order valence-corrected chi connectivity index (χ1v) is 8.86. The molecule has 1 atom stereocenters. The van der Waals surface area contributed by atoms with Crippen molar-refractivity contribution in [3.63, 3.8) is 0 Å².